The monoisotopic (exact) mass is 470 g/mol. The molecule has 0 saturated carbocycles. The third-order valence-electron chi connectivity index (χ3n) is 5.89. The van der Waals surface area contributed by atoms with Gasteiger partial charge >= 0.3 is 12.0 Å². The van der Waals surface area contributed by atoms with E-state index in [9.17, 15) is 18.8 Å². The number of nitrogens with zero attached hydrogens (tertiary/aromatic N) is 1. The van der Waals surface area contributed by atoms with Gasteiger partial charge in [0.05, 0.1) is 18.4 Å². The molecule has 1 aromatic heterocycles. The molecule has 1 aromatic carbocycles. The maximum absolute atomic E-state index is 13.1. The molecule has 3 amide bonds. The lowest BCUT2D eigenvalue weighted by Gasteiger charge is -2.35. The van der Waals surface area contributed by atoms with Crippen LogP contribution in [0.4, 0.5) is 9.18 Å². The van der Waals surface area contributed by atoms with Gasteiger partial charge in [-0.15, -0.1) is 0 Å². The van der Waals surface area contributed by atoms with Gasteiger partial charge in [0.15, 0.2) is 0 Å². The minimum Gasteiger partial charge on any atom is -0.467 e. The predicted molar refractivity (Wildman–Crippen MR) is 120 cm³/mol. The smallest absolute Gasteiger partial charge is 0.338 e. The van der Waals surface area contributed by atoms with Gasteiger partial charge in [-0.05, 0) is 56.2 Å². The molecule has 0 radical (unpaired) electrons. The number of amides is 3. The third-order valence-corrected chi connectivity index (χ3v) is 5.89. The fraction of sp³-hybridized carbons (Fsp3) is 0.375. The van der Waals surface area contributed by atoms with E-state index in [2.05, 4.69) is 20.9 Å². The first kappa shape index (κ1) is 23.5. The van der Waals surface area contributed by atoms with Gasteiger partial charge in [0.2, 0.25) is 0 Å². The van der Waals surface area contributed by atoms with Crippen molar-refractivity contribution >= 4 is 17.9 Å². The van der Waals surface area contributed by atoms with Crippen LogP contribution in [-0.4, -0.2) is 55.1 Å². The molecule has 1 saturated heterocycles. The van der Waals surface area contributed by atoms with Crippen molar-refractivity contribution in [2.24, 2.45) is 0 Å². The van der Waals surface area contributed by atoms with Gasteiger partial charge in [-0.25, -0.2) is 14.0 Å². The molecule has 0 spiro atoms. The minimum atomic E-state index is -0.745. The van der Waals surface area contributed by atoms with Gasteiger partial charge < -0.3 is 25.1 Å². The Morgan fingerprint density at radius 2 is 1.94 bits per heavy atom. The number of carbonyl (C=O) groups excluding carboxylic acids is 3. The van der Waals surface area contributed by atoms with Gasteiger partial charge in [0, 0.05) is 36.9 Å². The summed E-state index contributed by atoms with van der Waals surface area (Å²) in [6.45, 7) is 3.58. The van der Waals surface area contributed by atoms with Crippen molar-refractivity contribution < 1.29 is 27.9 Å². The van der Waals surface area contributed by atoms with Crippen molar-refractivity contribution in [3.63, 3.8) is 0 Å². The molecule has 1 atom stereocenters. The van der Waals surface area contributed by atoms with E-state index < -0.39 is 18.0 Å². The molecular weight excluding hydrogens is 443 g/mol. The van der Waals surface area contributed by atoms with E-state index in [0.29, 0.717) is 55.1 Å². The van der Waals surface area contributed by atoms with Crippen LogP contribution in [0, 0.1) is 5.82 Å². The number of furan rings is 1. The minimum absolute atomic E-state index is 0.0224. The summed E-state index contributed by atoms with van der Waals surface area (Å²) in [6.07, 6.45) is 2.88. The highest BCUT2D eigenvalue weighted by Crippen LogP contribution is 2.29. The van der Waals surface area contributed by atoms with E-state index in [-0.39, 0.29) is 24.4 Å². The van der Waals surface area contributed by atoms with Gasteiger partial charge in [-0.1, -0.05) is 0 Å². The van der Waals surface area contributed by atoms with Gasteiger partial charge in [-0.2, -0.15) is 0 Å². The molecule has 1 unspecified atom stereocenters. The van der Waals surface area contributed by atoms with E-state index >= 15 is 0 Å². The lowest BCUT2D eigenvalue weighted by Crippen LogP contribution is -2.50. The highest BCUT2D eigenvalue weighted by molar-refractivity contribution is 5.95. The van der Waals surface area contributed by atoms with Gasteiger partial charge in [0.1, 0.15) is 17.6 Å². The van der Waals surface area contributed by atoms with Crippen molar-refractivity contribution in [3.8, 4) is 0 Å². The number of carbonyl (C=O) groups is 3. The van der Waals surface area contributed by atoms with Crippen LogP contribution in [0.1, 0.15) is 41.9 Å². The van der Waals surface area contributed by atoms with Crippen LogP contribution in [0.5, 0.6) is 0 Å². The Labute approximate surface area is 196 Å². The van der Waals surface area contributed by atoms with Crippen molar-refractivity contribution in [2.45, 2.75) is 31.8 Å². The van der Waals surface area contributed by atoms with Gasteiger partial charge in [0.25, 0.3) is 5.91 Å². The number of esters is 1. The molecule has 1 fully saturated rings. The van der Waals surface area contributed by atoms with Crippen LogP contribution in [-0.2, 0) is 9.53 Å². The fourth-order valence-corrected chi connectivity index (χ4v) is 4.19. The van der Waals surface area contributed by atoms with Crippen LogP contribution >= 0.6 is 0 Å². The van der Waals surface area contributed by atoms with Gasteiger partial charge in [-0.3, -0.25) is 9.69 Å². The van der Waals surface area contributed by atoms with Crippen molar-refractivity contribution in [1.29, 1.82) is 0 Å². The zero-order valence-corrected chi connectivity index (χ0v) is 18.8. The molecule has 34 heavy (non-hydrogen) atoms. The fourth-order valence-electron chi connectivity index (χ4n) is 4.19. The van der Waals surface area contributed by atoms with E-state index in [1.807, 2.05) is 0 Å². The zero-order valence-electron chi connectivity index (χ0n) is 18.8. The molecular formula is C24H27FN4O5. The second-order valence-electron chi connectivity index (χ2n) is 8.19. The summed E-state index contributed by atoms with van der Waals surface area (Å²) in [4.78, 5) is 39.7. The van der Waals surface area contributed by atoms with E-state index in [4.69, 9.17) is 9.15 Å². The second-order valence-corrected chi connectivity index (χ2v) is 8.19. The molecule has 4 rings (SSSR count). The maximum atomic E-state index is 13.1. The first-order chi connectivity index (χ1) is 16.4. The normalized spacial score (nSPS) is 19.4. The molecule has 2 aromatic rings. The van der Waals surface area contributed by atoms with Crippen molar-refractivity contribution in [1.82, 2.24) is 20.9 Å². The van der Waals surface area contributed by atoms with Crippen LogP contribution in [0.3, 0.4) is 0 Å². The van der Waals surface area contributed by atoms with E-state index in [1.54, 1.807) is 19.1 Å². The highest BCUT2D eigenvalue weighted by Gasteiger charge is 2.36. The Morgan fingerprint density at radius 3 is 2.59 bits per heavy atom. The summed E-state index contributed by atoms with van der Waals surface area (Å²) in [5.74, 6) is -0.705. The molecule has 2 aliphatic heterocycles. The molecule has 2 aliphatic rings. The lowest BCUT2D eigenvalue weighted by molar-refractivity contribution is -0.139. The summed E-state index contributed by atoms with van der Waals surface area (Å²) >= 11 is 0. The number of hydrogen-bond donors (Lipinski definition) is 3. The summed E-state index contributed by atoms with van der Waals surface area (Å²) in [5, 5.41) is 8.48. The maximum Gasteiger partial charge on any atom is 0.338 e. The van der Waals surface area contributed by atoms with Crippen LogP contribution < -0.4 is 16.0 Å². The predicted octanol–water partition coefficient (Wildman–Crippen LogP) is 2.48. The first-order valence-electron chi connectivity index (χ1n) is 11.2. The third kappa shape index (κ3) is 5.45. The molecule has 0 bridgehead atoms. The Bertz CT molecular complexity index is 1060. The lowest BCUT2D eigenvalue weighted by atomic mass is 9.98. The van der Waals surface area contributed by atoms with E-state index in [1.165, 1.54) is 30.5 Å². The Hall–Kier alpha value is -3.66. The average Bonchev–Trinajstić information content (AvgIpc) is 3.35. The quantitative estimate of drug-likeness (QED) is 0.536. The number of hydrogen-bond acceptors (Lipinski definition) is 6. The summed E-state index contributed by atoms with van der Waals surface area (Å²) in [6, 6.07) is 7.63. The molecule has 3 N–H and O–H groups in total. The summed E-state index contributed by atoms with van der Waals surface area (Å²) in [5.41, 5.74) is 1.19. The topological polar surface area (TPSA) is 113 Å². The number of piperidine rings is 1. The molecule has 180 valence electrons. The Kier molecular flexibility index (Phi) is 7.27. The highest BCUT2D eigenvalue weighted by atomic mass is 19.1. The SMILES string of the molecule is CCOC(=O)C1=C(CN2CCC(NC(=O)c3ccc(F)cc3)CC2)NC(=O)NC1c1ccco1. The number of halogens is 1. The number of benzene rings is 1. The van der Waals surface area contributed by atoms with Crippen LogP contribution in [0.2, 0.25) is 0 Å². The number of likely N-dealkylation sites (tertiary alicyclic amines) is 1. The molecule has 10 heteroatoms. The van der Waals surface area contributed by atoms with Crippen molar-refractivity contribution in [3.05, 3.63) is 71.1 Å². The zero-order chi connectivity index (χ0) is 24.1. The molecule has 3 heterocycles. The van der Waals surface area contributed by atoms with E-state index in [0.717, 1.165) is 0 Å². The first-order valence-corrected chi connectivity index (χ1v) is 11.2. The average molecular weight is 471 g/mol. The number of rotatable bonds is 7. The largest absolute Gasteiger partial charge is 0.467 e. The van der Waals surface area contributed by atoms with Crippen LogP contribution in [0.25, 0.3) is 0 Å². The van der Waals surface area contributed by atoms with Crippen molar-refractivity contribution in [2.75, 3.05) is 26.2 Å². The number of nitrogens with one attached hydrogen (secondary N) is 3. The molecule has 0 aliphatic carbocycles. The Morgan fingerprint density at radius 1 is 1.21 bits per heavy atom. The Balaban J connectivity index is 1.42. The standard InChI is InChI=1S/C24H27FN4O5/c1-2-33-23(31)20-18(27-24(32)28-21(20)19-4-3-13-34-19)14-29-11-9-17(10-12-29)26-22(30)15-5-7-16(25)8-6-15/h3-8,13,17,21H,2,9-12,14H2,1H3,(H,26,30)(H2,27,28,32). The number of urea groups is 1. The molecule has 9 nitrogen and oxygen atoms in total. The number of ether oxygens (including phenoxy) is 1. The van der Waals surface area contributed by atoms with Crippen LogP contribution in [0.15, 0.2) is 58.3 Å². The summed E-state index contributed by atoms with van der Waals surface area (Å²) < 4.78 is 23.8. The second kappa shape index (κ2) is 10.5. The summed E-state index contributed by atoms with van der Waals surface area (Å²) in [7, 11) is 0.